The molecule has 1 aromatic carbocycles. The molecule has 0 aromatic heterocycles. The zero-order valence-corrected chi connectivity index (χ0v) is 13.2. The Hall–Kier alpha value is -1.91. The van der Waals surface area contributed by atoms with E-state index in [1.54, 1.807) is 0 Å². The van der Waals surface area contributed by atoms with E-state index < -0.39 is 0 Å². The minimum Gasteiger partial charge on any atom is -0.409 e. The highest BCUT2D eigenvalue weighted by molar-refractivity contribution is 5.85. The van der Waals surface area contributed by atoms with E-state index in [4.69, 9.17) is 10.9 Å². The van der Waals surface area contributed by atoms with Gasteiger partial charge in [-0.15, -0.1) is 0 Å². The maximum atomic E-state index is 8.82. The van der Waals surface area contributed by atoms with Crippen LogP contribution in [0.3, 0.4) is 0 Å². The van der Waals surface area contributed by atoms with Crippen molar-refractivity contribution in [3.63, 3.8) is 0 Å². The molecule has 0 radical (unpaired) electrons. The molecule has 1 heterocycles. The molecule has 0 saturated heterocycles. The number of nitrogens with two attached hydrogens (primary N) is 1. The van der Waals surface area contributed by atoms with Crippen molar-refractivity contribution in [1.29, 1.82) is 0 Å². The molecule has 2 rings (SSSR count). The van der Waals surface area contributed by atoms with Crippen LogP contribution < -0.4 is 15.5 Å². The average Bonchev–Trinajstić information content (AvgIpc) is 2.49. The van der Waals surface area contributed by atoms with Gasteiger partial charge in [0.15, 0.2) is 0 Å². The van der Waals surface area contributed by atoms with Crippen molar-refractivity contribution < 1.29 is 5.21 Å². The first-order valence-electron chi connectivity index (χ1n) is 7.49. The molecule has 5 nitrogen and oxygen atoms in total. The van der Waals surface area contributed by atoms with Crippen LogP contribution >= 0.6 is 0 Å². The minimum absolute atomic E-state index is 0.263. The summed E-state index contributed by atoms with van der Waals surface area (Å²) in [4.78, 5) is 4.73. The predicted octanol–water partition coefficient (Wildman–Crippen LogP) is 2.50. The highest BCUT2D eigenvalue weighted by Gasteiger charge is 2.24. The molecule has 1 aliphatic rings. The van der Waals surface area contributed by atoms with Crippen LogP contribution in [-0.4, -0.2) is 37.7 Å². The summed E-state index contributed by atoms with van der Waals surface area (Å²) < 4.78 is 0. The summed E-state index contributed by atoms with van der Waals surface area (Å²) in [6.07, 6.45) is 1.92. The first-order valence-corrected chi connectivity index (χ1v) is 7.49. The lowest BCUT2D eigenvalue weighted by atomic mass is 9.86. The SMILES string of the molecule is CN1CCN(CCCC(C)(C)C(N)=NO)c2ccccc21. The van der Waals surface area contributed by atoms with Crippen LogP contribution in [0, 0.1) is 5.41 Å². The third kappa shape index (κ3) is 3.40. The Kier molecular flexibility index (Phi) is 4.60. The Morgan fingerprint density at radius 2 is 1.95 bits per heavy atom. The van der Waals surface area contributed by atoms with E-state index in [9.17, 15) is 0 Å². The molecular formula is C16H26N4O. The van der Waals surface area contributed by atoms with Crippen molar-refractivity contribution >= 4 is 17.2 Å². The van der Waals surface area contributed by atoms with Crippen LogP contribution in [0.15, 0.2) is 29.4 Å². The molecule has 0 unspecified atom stereocenters. The predicted molar refractivity (Wildman–Crippen MR) is 88.3 cm³/mol. The number of amidine groups is 1. The molecule has 1 aliphatic heterocycles. The van der Waals surface area contributed by atoms with Crippen LogP contribution in [0.25, 0.3) is 0 Å². The van der Waals surface area contributed by atoms with E-state index in [0.717, 1.165) is 32.5 Å². The largest absolute Gasteiger partial charge is 0.409 e. The van der Waals surface area contributed by atoms with Gasteiger partial charge >= 0.3 is 0 Å². The van der Waals surface area contributed by atoms with Gasteiger partial charge in [-0.1, -0.05) is 31.1 Å². The number of hydrogen-bond donors (Lipinski definition) is 2. The van der Waals surface area contributed by atoms with Gasteiger partial charge in [-0.2, -0.15) is 0 Å². The minimum atomic E-state index is -0.263. The lowest BCUT2D eigenvalue weighted by Gasteiger charge is -2.37. The second kappa shape index (κ2) is 6.24. The number of anilines is 2. The van der Waals surface area contributed by atoms with Crippen molar-refractivity contribution in [2.45, 2.75) is 26.7 Å². The number of rotatable bonds is 5. The van der Waals surface area contributed by atoms with E-state index in [0.29, 0.717) is 5.84 Å². The Balaban J connectivity index is 1.98. The zero-order chi connectivity index (χ0) is 15.5. The molecule has 0 bridgehead atoms. The summed E-state index contributed by atoms with van der Waals surface area (Å²) in [5, 5.41) is 12.0. The van der Waals surface area contributed by atoms with Gasteiger partial charge in [-0.3, -0.25) is 0 Å². The molecule has 3 N–H and O–H groups in total. The third-order valence-electron chi connectivity index (χ3n) is 4.37. The van der Waals surface area contributed by atoms with Crippen LogP contribution in [0.5, 0.6) is 0 Å². The van der Waals surface area contributed by atoms with Gasteiger partial charge in [0.1, 0.15) is 5.84 Å². The average molecular weight is 290 g/mol. The van der Waals surface area contributed by atoms with Gasteiger partial charge in [0, 0.05) is 32.1 Å². The molecule has 116 valence electrons. The van der Waals surface area contributed by atoms with E-state index in [1.165, 1.54) is 11.4 Å². The molecule has 5 heteroatoms. The molecule has 0 amide bonds. The second-order valence-electron chi connectivity index (χ2n) is 6.37. The van der Waals surface area contributed by atoms with Crippen molar-refractivity contribution in [1.82, 2.24) is 0 Å². The molecular weight excluding hydrogens is 264 g/mol. The Bertz CT molecular complexity index is 513. The van der Waals surface area contributed by atoms with Gasteiger partial charge in [0.05, 0.1) is 11.4 Å². The van der Waals surface area contributed by atoms with Crippen LogP contribution in [0.1, 0.15) is 26.7 Å². The van der Waals surface area contributed by atoms with Crippen LogP contribution in [0.4, 0.5) is 11.4 Å². The normalized spacial score (nSPS) is 16.0. The number of para-hydroxylation sites is 2. The van der Waals surface area contributed by atoms with Crippen molar-refractivity contribution in [3.8, 4) is 0 Å². The summed E-state index contributed by atoms with van der Waals surface area (Å²) in [5.41, 5.74) is 8.07. The fraction of sp³-hybridized carbons (Fsp3) is 0.562. The Labute approximate surface area is 127 Å². The molecule has 0 spiro atoms. The first kappa shape index (κ1) is 15.5. The number of nitrogens with zero attached hydrogens (tertiary/aromatic N) is 3. The highest BCUT2D eigenvalue weighted by atomic mass is 16.4. The summed E-state index contributed by atoms with van der Waals surface area (Å²) in [6, 6.07) is 8.52. The summed E-state index contributed by atoms with van der Waals surface area (Å²) in [6.45, 7) is 7.10. The molecule has 0 saturated carbocycles. The number of oxime groups is 1. The molecule has 1 aromatic rings. The molecule has 21 heavy (non-hydrogen) atoms. The topological polar surface area (TPSA) is 65.1 Å². The lowest BCUT2D eigenvalue weighted by Crippen LogP contribution is -2.40. The monoisotopic (exact) mass is 290 g/mol. The van der Waals surface area contributed by atoms with Gasteiger partial charge in [-0.25, -0.2) is 0 Å². The fourth-order valence-electron chi connectivity index (χ4n) is 2.77. The Morgan fingerprint density at radius 1 is 1.29 bits per heavy atom. The maximum absolute atomic E-state index is 8.82. The summed E-state index contributed by atoms with van der Waals surface area (Å²) in [7, 11) is 2.14. The van der Waals surface area contributed by atoms with E-state index in [2.05, 4.69) is 46.3 Å². The highest BCUT2D eigenvalue weighted by Crippen LogP contribution is 2.32. The van der Waals surface area contributed by atoms with E-state index in [-0.39, 0.29) is 5.41 Å². The van der Waals surface area contributed by atoms with Gasteiger partial charge in [0.2, 0.25) is 0 Å². The smallest absolute Gasteiger partial charge is 0.144 e. The third-order valence-corrected chi connectivity index (χ3v) is 4.37. The summed E-state index contributed by atoms with van der Waals surface area (Å²) >= 11 is 0. The van der Waals surface area contributed by atoms with Gasteiger partial charge in [-0.05, 0) is 25.0 Å². The molecule has 0 atom stereocenters. The number of likely N-dealkylation sites (N-methyl/N-ethyl adjacent to an activating group) is 1. The Morgan fingerprint density at radius 3 is 2.62 bits per heavy atom. The standard InChI is InChI=1S/C16H26N4O/c1-16(2,15(17)18-21)9-6-10-20-12-11-19(3)13-7-4-5-8-14(13)20/h4-5,7-8,21H,6,9-12H2,1-3H3,(H2,17,18). The van der Waals surface area contributed by atoms with Crippen molar-refractivity contribution in [2.24, 2.45) is 16.3 Å². The number of hydrogen-bond acceptors (Lipinski definition) is 4. The van der Waals surface area contributed by atoms with Crippen LogP contribution in [0.2, 0.25) is 0 Å². The first-order chi connectivity index (χ1) is 9.95. The quantitative estimate of drug-likeness (QED) is 0.378. The second-order valence-corrected chi connectivity index (χ2v) is 6.37. The molecule has 0 fully saturated rings. The van der Waals surface area contributed by atoms with Crippen molar-refractivity contribution in [2.75, 3.05) is 36.5 Å². The van der Waals surface area contributed by atoms with Crippen LogP contribution in [-0.2, 0) is 0 Å². The van der Waals surface area contributed by atoms with Crippen molar-refractivity contribution in [3.05, 3.63) is 24.3 Å². The number of benzene rings is 1. The number of fused-ring (bicyclic) bond motifs is 1. The van der Waals surface area contributed by atoms with E-state index >= 15 is 0 Å². The molecule has 0 aliphatic carbocycles. The fourth-order valence-corrected chi connectivity index (χ4v) is 2.77. The zero-order valence-electron chi connectivity index (χ0n) is 13.2. The lowest BCUT2D eigenvalue weighted by molar-refractivity contribution is 0.304. The maximum Gasteiger partial charge on any atom is 0.144 e. The van der Waals surface area contributed by atoms with Gasteiger partial charge in [0.25, 0.3) is 0 Å². The summed E-state index contributed by atoms with van der Waals surface area (Å²) in [5.74, 6) is 0.307. The van der Waals surface area contributed by atoms with Gasteiger partial charge < -0.3 is 20.7 Å². The van der Waals surface area contributed by atoms with E-state index in [1.807, 2.05) is 13.8 Å².